The van der Waals surface area contributed by atoms with E-state index in [2.05, 4.69) is 15.5 Å². The summed E-state index contributed by atoms with van der Waals surface area (Å²) in [5, 5.41) is 12.0. The lowest BCUT2D eigenvalue weighted by atomic mass is 10.3. The van der Waals surface area contributed by atoms with Crippen molar-refractivity contribution >= 4 is 63.8 Å². The van der Waals surface area contributed by atoms with E-state index in [1.807, 2.05) is 28.8 Å². The molecule has 0 unspecified atom stereocenters. The van der Waals surface area contributed by atoms with Crippen LogP contribution in [0.4, 0.5) is 5.69 Å². The maximum Gasteiger partial charge on any atom is 0.237 e. The number of thioether (sulfide) groups is 1. The summed E-state index contributed by atoms with van der Waals surface area (Å²) in [7, 11) is 0. The number of amides is 1. The predicted molar refractivity (Wildman–Crippen MR) is 98.4 cm³/mol. The first-order chi connectivity index (χ1) is 11.5. The van der Waals surface area contributed by atoms with Crippen molar-refractivity contribution < 1.29 is 4.79 Å². The van der Waals surface area contributed by atoms with Crippen LogP contribution in [0.5, 0.6) is 0 Å². The number of carbonyl (C=O) groups excluding carboxylic acids is 1. The number of carbonyl (C=O) groups is 1. The van der Waals surface area contributed by atoms with Crippen LogP contribution < -0.4 is 5.32 Å². The Kier molecular flexibility index (Phi) is 5.20. The van der Waals surface area contributed by atoms with Crippen LogP contribution in [0.1, 0.15) is 6.92 Å². The van der Waals surface area contributed by atoms with Crippen LogP contribution in [0.15, 0.2) is 41.7 Å². The van der Waals surface area contributed by atoms with Crippen molar-refractivity contribution in [2.45, 2.75) is 17.3 Å². The number of nitrogens with one attached hydrogen (secondary N) is 1. The zero-order valence-corrected chi connectivity index (χ0v) is 15.4. The van der Waals surface area contributed by atoms with Gasteiger partial charge in [-0.3, -0.25) is 9.20 Å². The number of pyridine rings is 1. The molecule has 0 saturated heterocycles. The standard InChI is InChI=1S/C15H11Cl3N4OS/c1-8(24-15-21-20-12-4-2-3-5-22(12)15)14(23)19-13-10(17)6-9(16)7-11(13)18/h2-8H,1H3,(H,19,23)/t8-/m0/s1. The van der Waals surface area contributed by atoms with Crippen molar-refractivity contribution in [3.05, 3.63) is 51.6 Å². The van der Waals surface area contributed by atoms with Crippen LogP contribution in [0, 0.1) is 0 Å². The van der Waals surface area contributed by atoms with Crippen molar-refractivity contribution in [3.63, 3.8) is 0 Å². The Bertz CT molecular complexity index is 892. The summed E-state index contributed by atoms with van der Waals surface area (Å²) in [5.41, 5.74) is 1.06. The number of benzene rings is 1. The monoisotopic (exact) mass is 400 g/mol. The van der Waals surface area contributed by atoms with Gasteiger partial charge in [-0.1, -0.05) is 52.6 Å². The van der Waals surface area contributed by atoms with Gasteiger partial charge in [0.25, 0.3) is 0 Å². The summed E-state index contributed by atoms with van der Waals surface area (Å²) in [6.45, 7) is 1.77. The van der Waals surface area contributed by atoms with E-state index in [9.17, 15) is 4.79 Å². The van der Waals surface area contributed by atoms with Crippen LogP contribution in [-0.4, -0.2) is 25.8 Å². The summed E-state index contributed by atoms with van der Waals surface area (Å²) < 4.78 is 1.82. The largest absolute Gasteiger partial charge is 0.323 e. The molecule has 3 aromatic rings. The number of anilines is 1. The molecule has 0 fully saturated rings. The Morgan fingerprint density at radius 1 is 1.21 bits per heavy atom. The van der Waals surface area contributed by atoms with E-state index in [1.54, 1.807) is 6.92 Å². The number of fused-ring (bicyclic) bond motifs is 1. The van der Waals surface area contributed by atoms with E-state index < -0.39 is 5.25 Å². The molecule has 0 aliphatic carbocycles. The fourth-order valence-corrected chi connectivity index (χ4v) is 3.75. The van der Waals surface area contributed by atoms with Crippen LogP contribution >= 0.6 is 46.6 Å². The number of rotatable bonds is 4. The summed E-state index contributed by atoms with van der Waals surface area (Å²) in [6, 6.07) is 8.63. The number of nitrogens with zero attached hydrogens (tertiary/aromatic N) is 3. The Morgan fingerprint density at radius 3 is 2.62 bits per heavy atom. The number of aromatic nitrogens is 3. The van der Waals surface area contributed by atoms with E-state index in [1.165, 1.54) is 23.9 Å². The third-order valence-electron chi connectivity index (χ3n) is 3.19. The van der Waals surface area contributed by atoms with E-state index in [-0.39, 0.29) is 16.0 Å². The van der Waals surface area contributed by atoms with Gasteiger partial charge < -0.3 is 5.32 Å². The molecule has 0 radical (unpaired) electrons. The summed E-state index contributed by atoms with van der Waals surface area (Å²) in [5.74, 6) is -0.251. The average Bonchev–Trinajstić information content (AvgIpc) is 2.94. The SMILES string of the molecule is C[C@H](Sc1nnc2ccccn12)C(=O)Nc1c(Cl)cc(Cl)cc1Cl. The van der Waals surface area contributed by atoms with Crippen molar-refractivity contribution in [3.8, 4) is 0 Å². The molecule has 0 bridgehead atoms. The Labute approximate surface area is 157 Å². The van der Waals surface area contributed by atoms with E-state index in [0.29, 0.717) is 15.9 Å². The van der Waals surface area contributed by atoms with Crippen molar-refractivity contribution in [1.29, 1.82) is 0 Å². The number of hydrogen-bond acceptors (Lipinski definition) is 4. The average molecular weight is 402 g/mol. The summed E-state index contributed by atoms with van der Waals surface area (Å²) in [6.07, 6.45) is 1.84. The minimum Gasteiger partial charge on any atom is -0.323 e. The molecule has 1 N–H and O–H groups in total. The van der Waals surface area contributed by atoms with Crippen molar-refractivity contribution in [2.24, 2.45) is 0 Å². The van der Waals surface area contributed by atoms with Gasteiger partial charge in [0.05, 0.1) is 21.0 Å². The zero-order valence-electron chi connectivity index (χ0n) is 12.3. The maximum absolute atomic E-state index is 12.4. The smallest absolute Gasteiger partial charge is 0.237 e. The van der Waals surface area contributed by atoms with Gasteiger partial charge in [-0.05, 0) is 31.2 Å². The molecule has 24 heavy (non-hydrogen) atoms. The molecule has 1 amide bonds. The predicted octanol–water partition coefficient (Wildman–Crippen LogP) is 4.81. The van der Waals surface area contributed by atoms with Gasteiger partial charge in [0.2, 0.25) is 5.91 Å². The Balaban J connectivity index is 1.76. The van der Waals surface area contributed by atoms with Gasteiger partial charge in [-0.15, -0.1) is 10.2 Å². The van der Waals surface area contributed by atoms with E-state index in [0.717, 1.165) is 5.65 Å². The summed E-state index contributed by atoms with van der Waals surface area (Å²) >= 11 is 19.3. The second-order valence-corrected chi connectivity index (χ2v) is 7.46. The second-order valence-electron chi connectivity index (χ2n) is 4.91. The Hall–Kier alpha value is -1.47. The van der Waals surface area contributed by atoms with Crippen LogP contribution in [0.25, 0.3) is 5.65 Å². The van der Waals surface area contributed by atoms with E-state index in [4.69, 9.17) is 34.8 Å². The minimum atomic E-state index is -0.430. The topological polar surface area (TPSA) is 59.3 Å². The molecular formula is C15H11Cl3N4OS. The molecule has 2 aromatic heterocycles. The van der Waals surface area contributed by atoms with Gasteiger partial charge in [0.15, 0.2) is 10.8 Å². The maximum atomic E-state index is 12.4. The molecule has 5 nitrogen and oxygen atoms in total. The lowest BCUT2D eigenvalue weighted by Gasteiger charge is -2.13. The number of hydrogen-bond donors (Lipinski definition) is 1. The number of halogens is 3. The quantitative estimate of drug-likeness (QED) is 0.637. The first-order valence-corrected chi connectivity index (χ1v) is 8.89. The van der Waals surface area contributed by atoms with Crippen molar-refractivity contribution in [2.75, 3.05) is 5.32 Å². The molecule has 1 atom stereocenters. The van der Waals surface area contributed by atoms with Crippen LogP contribution in [-0.2, 0) is 4.79 Å². The first-order valence-electron chi connectivity index (χ1n) is 6.87. The highest BCUT2D eigenvalue weighted by molar-refractivity contribution is 8.00. The molecule has 0 spiro atoms. The van der Waals surface area contributed by atoms with Gasteiger partial charge in [-0.2, -0.15) is 0 Å². The minimum absolute atomic E-state index is 0.251. The molecular weight excluding hydrogens is 391 g/mol. The molecule has 2 heterocycles. The van der Waals surface area contributed by atoms with Gasteiger partial charge >= 0.3 is 0 Å². The molecule has 3 rings (SSSR count). The fraction of sp³-hybridized carbons (Fsp3) is 0.133. The highest BCUT2D eigenvalue weighted by Crippen LogP contribution is 2.34. The van der Waals surface area contributed by atoms with Gasteiger partial charge in [0, 0.05) is 11.2 Å². The fourth-order valence-electron chi connectivity index (χ4n) is 2.00. The zero-order chi connectivity index (χ0) is 17.3. The molecule has 9 heteroatoms. The third-order valence-corrected chi connectivity index (χ3v) is 5.06. The molecule has 0 saturated carbocycles. The highest BCUT2D eigenvalue weighted by Gasteiger charge is 2.20. The van der Waals surface area contributed by atoms with Crippen LogP contribution in [0.3, 0.4) is 0 Å². The van der Waals surface area contributed by atoms with Crippen molar-refractivity contribution in [1.82, 2.24) is 14.6 Å². The lowest BCUT2D eigenvalue weighted by Crippen LogP contribution is -2.23. The van der Waals surface area contributed by atoms with Gasteiger partial charge in [0.1, 0.15) is 0 Å². The third kappa shape index (κ3) is 3.62. The normalized spacial score (nSPS) is 12.3. The molecule has 0 aliphatic rings. The second kappa shape index (κ2) is 7.19. The first kappa shape index (κ1) is 17.4. The molecule has 0 aliphatic heterocycles. The Morgan fingerprint density at radius 2 is 1.92 bits per heavy atom. The summed E-state index contributed by atoms with van der Waals surface area (Å²) in [4.78, 5) is 12.4. The van der Waals surface area contributed by atoms with E-state index >= 15 is 0 Å². The highest BCUT2D eigenvalue weighted by atomic mass is 35.5. The molecule has 124 valence electrons. The van der Waals surface area contributed by atoms with Crippen LogP contribution in [0.2, 0.25) is 15.1 Å². The lowest BCUT2D eigenvalue weighted by molar-refractivity contribution is -0.115. The molecule has 1 aromatic carbocycles. The van der Waals surface area contributed by atoms with Gasteiger partial charge in [-0.25, -0.2) is 0 Å².